The predicted molar refractivity (Wildman–Crippen MR) is 92.8 cm³/mol. The molecule has 1 aromatic rings. The molecule has 1 aromatic heterocycles. The average molecular weight is 355 g/mol. The largest absolute Gasteiger partial charge is 0.366 e. The van der Waals surface area contributed by atoms with Crippen LogP contribution in [-0.2, 0) is 0 Å². The fourth-order valence-electron chi connectivity index (χ4n) is 2.99. The molecule has 2 N–H and O–H groups in total. The van der Waals surface area contributed by atoms with Crippen LogP contribution in [0.2, 0.25) is 0 Å². The van der Waals surface area contributed by atoms with Crippen LogP contribution in [0.4, 0.5) is 11.8 Å². The zero-order valence-corrected chi connectivity index (χ0v) is 14.7. The third-order valence-electron chi connectivity index (χ3n) is 4.16. The molecule has 0 saturated heterocycles. The molecule has 2 rings (SSSR count). The fourth-order valence-corrected chi connectivity index (χ4v) is 3.29. The Morgan fingerprint density at radius 2 is 1.95 bits per heavy atom. The van der Waals surface area contributed by atoms with Gasteiger partial charge in [-0.3, -0.25) is 0 Å². The average Bonchev–Trinajstić information content (AvgIpc) is 2.50. The maximum Gasteiger partial charge on any atom is 0.224 e. The van der Waals surface area contributed by atoms with Gasteiger partial charge in [0, 0.05) is 18.8 Å². The Kier molecular flexibility index (Phi) is 6.74. The minimum absolute atomic E-state index is 0.545. The first-order chi connectivity index (χ1) is 10.2. The number of anilines is 2. The SMILES string of the molecule is CCCNc1ncc(Br)c(NC2CCC(CCC)CC2)n1. The van der Waals surface area contributed by atoms with Gasteiger partial charge in [0.15, 0.2) is 0 Å². The van der Waals surface area contributed by atoms with Crippen molar-refractivity contribution in [3.63, 3.8) is 0 Å². The van der Waals surface area contributed by atoms with Crippen LogP contribution in [-0.4, -0.2) is 22.6 Å². The van der Waals surface area contributed by atoms with E-state index in [9.17, 15) is 0 Å². The van der Waals surface area contributed by atoms with Crippen molar-refractivity contribution in [2.45, 2.75) is 64.8 Å². The number of hydrogen-bond acceptors (Lipinski definition) is 4. The lowest BCUT2D eigenvalue weighted by atomic mass is 9.83. The fraction of sp³-hybridized carbons (Fsp3) is 0.750. The van der Waals surface area contributed by atoms with Crippen molar-refractivity contribution in [3.05, 3.63) is 10.7 Å². The van der Waals surface area contributed by atoms with Gasteiger partial charge >= 0.3 is 0 Å². The first-order valence-electron chi connectivity index (χ1n) is 8.25. The van der Waals surface area contributed by atoms with Crippen LogP contribution in [0.1, 0.15) is 58.8 Å². The molecular formula is C16H27BrN4. The molecule has 0 aliphatic heterocycles. The number of nitrogens with one attached hydrogen (secondary N) is 2. The van der Waals surface area contributed by atoms with Crippen LogP contribution in [0.3, 0.4) is 0 Å². The summed E-state index contributed by atoms with van der Waals surface area (Å²) in [6.07, 6.45) is 10.8. The first kappa shape index (κ1) is 16.5. The van der Waals surface area contributed by atoms with E-state index in [1.54, 1.807) is 0 Å². The van der Waals surface area contributed by atoms with Crippen LogP contribution in [0, 0.1) is 5.92 Å². The molecule has 1 fully saturated rings. The Hall–Kier alpha value is -0.840. The minimum atomic E-state index is 0.545. The van der Waals surface area contributed by atoms with E-state index < -0.39 is 0 Å². The normalized spacial score (nSPS) is 22.0. The molecular weight excluding hydrogens is 328 g/mol. The molecule has 1 heterocycles. The summed E-state index contributed by atoms with van der Waals surface area (Å²) >= 11 is 3.55. The van der Waals surface area contributed by atoms with Gasteiger partial charge in [-0.15, -0.1) is 0 Å². The summed E-state index contributed by atoms with van der Waals surface area (Å²) in [6, 6.07) is 0.545. The number of nitrogens with zero attached hydrogens (tertiary/aromatic N) is 2. The van der Waals surface area contributed by atoms with Gasteiger partial charge in [-0.25, -0.2) is 4.98 Å². The predicted octanol–water partition coefficient (Wildman–Crippen LogP) is 4.83. The Bertz CT molecular complexity index is 430. The second-order valence-corrected chi connectivity index (χ2v) is 6.82. The molecule has 0 atom stereocenters. The first-order valence-corrected chi connectivity index (χ1v) is 9.05. The summed E-state index contributed by atoms with van der Waals surface area (Å²) < 4.78 is 0.945. The van der Waals surface area contributed by atoms with Crippen molar-refractivity contribution in [2.75, 3.05) is 17.2 Å². The number of aromatic nitrogens is 2. The summed E-state index contributed by atoms with van der Waals surface area (Å²) in [5.74, 6) is 2.56. The molecule has 0 amide bonds. The third-order valence-corrected chi connectivity index (χ3v) is 4.74. The van der Waals surface area contributed by atoms with Crippen LogP contribution in [0.15, 0.2) is 10.7 Å². The van der Waals surface area contributed by atoms with Crippen LogP contribution in [0.25, 0.3) is 0 Å². The lowest BCUT2D eigenvalue weighted by Gasteiger charge is -2.29. The van der Waals surface area contributed by atoms with Gasteiger partial charge in [0.25, 0.3) is 0 Å². The third kappa shape index (κ3) is 5.13. The number of rotatable bonds is 7. The van der Waals surface area contributed by atoms with E-state index in [0.29, 0.717) is 12.0 Å². The molecule has 1 aliphatic carbocycles. The number of halogens is 1. The van der Waals surface area contributed by atoms with Crippen LogP contribution >= 0.6 is 15.9 Å². The van der Waals surface area contributed by atoms with Crippen LogP contribution in [0.5, 0.6) is 0 Å². The van der Waals surface area contributed by atoms with E-state index in [4.69, 9.17) is 0 Å². The van der Waals surface area contributed by atoms with Crippen molar-refractivity contribution in [3.8, 4) is 0 Å². The van der Waals surface area contributed by atoms with Crippen molar-refractivity contribution in [2.24, 2.45) is 5.92 Å². The standard InChI is InChI=1S/C16H27BrN4/c1-3-5-12-6-8-13(9-7-12)20-15-14(17)11-19-16(21-15)18-10-4-2/h11-13H,3-10H2,1-2H3,(H2,18,19,20,21). The Morgan fingerprint density at radius 3 is 2.62 bits per heavy atom. The molecule has 0 radical (unpaired) electrons. The molecule has 118 valence electrons. The van der Waals surface area contributed by atoms with E-state index in [1.807, 2.05) is 6.20 Å². The second kappa shape index (κ2) is 8.57. The Morgan fingerprint density at radius 1 is 1.19 bits per heavy atom. The van der Waals surface area contributed by atoms with Crippen molar-refractivity contribution >= 4 is 27.7 Å². The van der Waals surface area contributed by atoms with E-state index in [2.05, 4.69) is 50.4 Å². The van der Waals surface area contributed by atoms with E-state index in [1.165, 1.54) is 38.5 Å². The van der Waals surface area contributed by atoms with Gasteiger partial charge in [0.2, 0.25) is 5.95 Å². The summed E-state index contributed by atoms with van der Waals surface area (Å²) in [5.41, 5.74) is 0. The van der Waals surface area contributed by atoms with E-state index >= 15 is 0 Å². The molecule has 0 aromatic carbocycles. The molecule has 5 heteroatoms. The van der Waals surface area contributed by atoms with E-state index in [0.717, 1.165) is 29.2 Å². The van der Waals surface area contributed by atoms with Crippen molar-refractivity contribution in [1.82, 2.24) is 9.97 Å². The highest BCUT2D eigenvalue weighted by atomic mass is 79.9. The molecule has 21 heavy (non-hydrogen) atoms. The molecule has 4 nitrogen and oxygen atoms in total. The van der Waals surface area contributed by atoms with E-state index in [-0.39, 0.29) is 0 Å². The summed E-state index contributed by atoms with van der Waals surface area (Å²) in [7, 11) is 0. The van der Waals surface area contributed by atoms with Gasteiger partial charge in [-0.05, 0) is 54.0 Å². The monoisotopic (exact) mass is 354 g/mol. The maximum absolute atomic E-state index is 4.58. The summed E-state index contributed by atoms with van der Waals surface area (Å²) in [5, 5.41) is 6.83. The zero-order valence-electron chi connectivity index (χ0n) is 13.2. The Balaban J connectivity index is 1.90. The van der Waals surface area contributed by atoms with Crippen molar-refractivity contribution < 1.29 is 0 Å². The highest BCUT2D eigenvalue weighted by Gasteiger charge is 2.21. The van der Waals surface area contributed by atoms with Crippen molar-refractivity contribution in [1.29, 1.82) is 0 Å². The molecule has 0 unspecified atom stereocenters. The second-order valence-electron chi connectivity index (χ2n) is 5.97. The van der Waals surface area contributed by atoms with Gasteiger partial charge in [-0.1, -0.05) is 26.7 Å². The summed E-state index contributed by atoms with van der Waals surface area (Å²) in [4.78, 5) is 8.88. The zero-order chi connectivity index (χ0) is 15.1. The van der Waals surface area contributed by atoms with Gasteiger partial charge in [-0.2, -0.15) is 4.98 Å². The maximum atomic E-state index is 4.58. The summed E-state index contributed by atoms with van der Waals surface area (Å²) in [6.45, 7) is 5.33. The molecule has 1 aliphatic rings. The highest BCUT2D eigenvalue weighted by Crippen LogP contribution is 2.30. The number of hydrogen-bond donors (Lipinski definition) is 2. The van der Waals surface area contributed by atoms with Gasteiger partial charge < -0.3 is 10.6 Å². The quantitative estimate of drug-likeness (QED) is 0.735. The smallest absolute Gasteiger partial charge is 0.224 e. The molecule has 1 saturated carbocycles. The minimum Gasteiger partial charge on any atom is -0.366 e. The Labute approximate surface area is 136 Å². The molecule has 0 bridgehead atoms. The lowest BCUT2D eigenvalue weighted by molar-refractivity contribution is 0.318. The van der Waals surface area contributed by atoms with Crippen LogP contribution < -0.4 is 10.6 Å². The lowest BCUT2D eigenvalue weighted by Crippen LogP contribution is -2.26. The molecule has 0 spiro atoms. The topological polar surface area (TPSA) is 49.8 Å². The highest BCUT2D eigenvalue weighted by molar-refractivity contribution is 9.10. The van der Waals surface area contributed by atoms with Gasteiger partial charge in [0.1, 0.15) is 5.82 Å². The van der Waals surface area contributed by atoms with Gasteiger partial charge in [0.05, 0.1) is 4.47 Å².